The van der Waals surface area contributed by atoms with Crippen molar-refractivity contribution in [2.24, 2.45) is 0 Å². The molecule has 0 amide bonds. The fourth-order valence-electron chi connectivity index (χ4n) is 1.71. The second-order valence-electron chi connectivity index (χ2n) is 5.15. The molecule has 3 nitrogen and oxygen atoms in total. The molecule has 0 bridgehead atoms. The molecule has 0 saturated heterocycles. The van der Waals surface area contributed by atoms with Gasteiger partial charge in [0.15, 0.2) is 10.7 Å². The van der Waals surface area contributed by atoms with E-state index >= 15 is 0 Å². The van der Waals surface area contributed by atoms with Gasteiger partial charge in [0, 0.05) is 0 Å². The molecule has 0 aliphatic heterocycles. The second kappa shape index (κ2) is 8.96. The number of allylic oxidation sites excluding steroid dienone is 3. The highest BCUT2D eigenvalue weighted by atomic mass is 35.5. The summed E-state index contributed by atoms with van der Waals surface area (Å²) in [6.45, 7) is 11.3. The first kappa shape index (κ1) is 18.9. The van der Waals surface area contributed by atoms with E-state index in [0.29, 0.717) is 6.42 Å². The van der Waals surface area contributed by atoms with Crippen LogP contribution in [0.25, 0.3) is 0 Å². The maximum absolute atomic E-state index is 11.8. The molecule has 0 aromatic carbocycles. The third-order valence-corrected chi connectivity index (χ3v) is 3.64. The quantitative estimate of drug-likeness (QED) is 0.277. The molecule has 0 spiro atoms. The van der Waals surface area contributed by atoms with Crippen LogP contribution >= 0.6 is 11.6 Å². The lowest BCUT2D eigenvalue weighted by molar-refractivity contribution is -0.149. The number of alkyl halides is 1. The van der Waals surface area contributed by atoms with E-state index in [1.807, 2.05) is 13.8 Å². The molecular weight excluding hydrogens is 276 g/mol. The number of halogens is 1. The fraction of sp³-hybridized carbons (Fsp3) is 0.625. The van der Waals surface area contributed by atoms with Crippen LogP contribution in [-0.2, 0) is 14.3 Å². The molecule has 1 unspecified atom stereocenters. The Kier molecular flexibility index (Phi) is 8.47. The Balaban J connectivity index is 4.49. The van der Waals surface area contributed by atoms with Crippen LogP contribution in [0, 0.1) is 0 Å². The fourth-order valence-corrected chi connectivity index (χ4v) is 1.86. The van der Waals surface area contributed by atoms with Crippen molar-refractivity contribution < 1.29 is 14.3 Å². The van der Waals surface area contributed by atoms with Gasteiger partial charge < -0.3 is 4.74 Å². The summed E-state index contributed by atoms with van der Waals surface area (Å²) in [5.41, 5.74) is 2.25. The van der Waals surface area contributed by atoms with E-state index in [0.717, 1.165) is 18.4 Å². The number of carbonyl (C=O) groups excluding carboxylic acids is 2. The van der Waals surface area contributed by atoms with E-state index < -0.39 is 10.8 Å². The Morgan fingerprint density at radius 2 is 1.85 bits per heavy atom. The molecule has 114 valence electrons. The predicted octanol–water partition coefficient (Wildman–Crippen LogP) is 4.20. The lowest BCUT2D eigenvalue weighted by Gasteiger charge is -2.22. The smallest absolute Gasteiger partial charge is 0.334 e. The van der Waals surface area contributed by atoms with E-state index in [1.165, 1.54) is 12.5 Å². The molecule has 0 aliphatic rings. The number of hydrogen-bond acceptors (Lipinski definition) is 3. The topological polar surface area (TPSA) is 43.4 Å². The van der Waals surface area contributed by atoms with Crippen LogP contribution in [0.4, 0.5) is 0 Å². The van der Waals surface area contributed by atoms with Crippen molar-refractivity contribution in [3.05, 3.63) is 23.8 Å². The van der Waals surface area contributed by atoms with Crippen molar-refractivity contribution in [2.45, 2.75) is 58.3 Å². The highest BCUT2D eigenvalue weighted by Crippen LogP contribution is 2.28. The Bertz CT molecular complexity index is 395. The lowest BCUT2D eigenvalue weighted by atomic mass is 9.94. The third-order valence-electron chi connectivity index (χ3n) is 3.03. The molecule has 0 heterocycles. The van der Waals surface area contributed by atoms with Crippen molar-refractivity contribution >= 4 is 23.4 Å². The van der Waals surface area contributed by atoms with Crippen molar-refractivity contribution in [3.8, 4) is 0 Å². The number of ketones is 1. The number of Topliss-reactive ketones (excluding diaryl/α,β-unsaturated/α-hetero) is 1. The van der Waals surface area contributed by atoms with Gasteiger partial charge in [-0.05, 0) is 53.4 Å². The summed E-state index contributed by atoms with van der Waals surface area (Å²) in [6.07, 6.45) is 4.65. The van der Waals surface area contributed by atoms with Gasteiger partial charge in [0.25, 0.3) is 0 Å². The lowest BCUT2D eigenvalue weighted by Crippen LogP contribution is -2.41. The van der Waals surface area contributed by atoms with E-state index in [4.69, 9.17) is 16.3 Å². The average Bonchev–Trinajstić information content (AvgIpc) is 2.35. The molecule has 0 aromatic rings. The molecule has 0 aliphatic carbocycles. The van der Waals surface area contributed by atoms with Gasteiger partial charge in [0.1, 0.15) is 0 Å². The van der Waals surface area contributed by atoms with Crippen LogP contribution in [0.1, 0.15) is 53.4 Å². The monoisotopic (exact) mass is 300 g/mol. The molecule has 0 saturated carbocycles. The highest BCUT2D eigenvalue weighted by Gasteiger charge is 2.42. The van der Waals surface area contributed by atoms with Crippen LogP contribution in [0.2, 0.25) is 0 Å². The van der Waals surface area contributed by atoms with Crippen molar-refractivity contribution in [2.75, 3.05) is 6.61 Å². The minimum Gasteiger partial charge on any atom is -0.464 e. The number of esters is 1. The zero-order valence-corrected chi connectivity index (χ0v) is 13.7. The van der Waals surface area contributed by atoms with Gasteiger partial charge in [0.05, 0.1) is 6.61 Å². The maximum atomic E-state index is 11.8. The summed E-state index contributed by atoms with van der Waals surface area (Å²) in [4.78, 5) is 21.9. The Labute approximate surface area is 127 Å². The summed E-state index contributed by atoms with van der Waals surface area (Å²) >= 11 is 6.15. The van der Waals surface area contributed by atoms with Crippen molar-refractivity contribution in [3.63, 3.8) is 0 Å². The molecule has 0 N–H and O–H groups in total. The average molecular weight is 301 g/mol. The molecule has 0 fully saturated rings. The number of ether oxygens (including phenoxy) is 1. The van der Waals surface area contributed by atoms with Crippen LogP contribution < -0.4 is 0 Å². The normalized spacial score (nSPS) is 13.2. The first-order chi connectivity index (χ1) is 9.24. The van der Waals surface area contributed by atoms with Crippen LogP contribution in [0.3, 0.4) is 0 Å². The largest absolute Gasteiger partial charge is 0.464 e. The maximum Gasteiger partial charge on any atom is 0.334 e. The van der Waals surface area contributed by atoms with Crippen molar-refractivity contribution in [1.82, 2.24) is 0 Å². The van der Waals surface area contributed by atoms with Gasteiger partial charge in [-0.1, -0.05) is 35.4 Å². The standard InChI is InChI=1S/C16H25ClO3/c1-6-20-15(19)16(17,14(5)18)11-10-13(4)9-7-8-12(2)3/h8H,4,6-7,9-11H2,1-3,5H3. The Morgan fingerprint density at radius 1 is 1.25 bits per heavy atom. The first-order valence-electron chi connectivity index (χ1n) is 6.91. The molecule has 4 heteroatoms. The molecule has 0 rings (SSSR count). The van der Waals surface area contributed by atoms with Gasteiger partial charge in [0.2, 0.25) is 0 Å². The van der Waals surface area contributed by atoms with Crippen LogP contribution in [0.5, 0.6) is 0 Å². The predicted molar refractivity (Wildman–Crippen MR) is 82.9 cm³/mol. The number of hydrogen-bond donors (Lipinski definition) is 0. The summed E-state index contributed by atoms with van der Waals surface area (Å²) in [5, 5.41) is 0. The van der Waals surface area contributed by atoms with Crippen LogP contribution in [-0.4, -0.2) is 23.2 Å². The van der Waals surface area contributed by atoms with Gasteiger partial charge in [-0.3, -0.25) is 4.79 Å². The van der Waals surface area contributed by atoms with Crippen molar-refractivity contribution in [1.29, 1.82) is 0 Å². The highest BCUT2D eigenvalue weighted by molar-refractivity contribution is 6.45. The van der Waals surface area contributed by atoms with E-state index in [-0.39, 0.29) is 18.8 Å². The Morgan fingerprint density at radius 3 is 2.30 bits per heavy atom. The van der Waals surface area contributed by atoms with E-state index in [2.05, 4.69) is 12.7 Å². The first-order valence-corrected chi connectivity index (χ1v) is 7.29. The van der Waals surface area contributed by atoms with Gasteiger partial charge >= 0.3 is 5.97 Å². The Hall–Kier alpha value is -1.09. The third kappa shape index (κ3) is 6.38. The van der Waals surface area contributed by atoms with Crippen LogP contribution in [0.15, 0.2) is 23.8 Å². The second-order valence-corrected chi connectivity index (χ2v) is 5.79. The molecule has 0 radical (unpaired) electrons. The molecule has 1 atom stereocenters. The summed E-state index contributed by atoms with van der Waals surface area (Å²) in [5.74, 6) is -1.04. The van der Waals surface area contributed by atoms with Gasteiger partial charge in [-0.2, -0.15) is 0 Å². The van der Waals surface area contributed by atoms with E-state index in [1.54, 1.807) is 6.92 Å². The minimum absolute atomic E-state index is 0.210. The number of carbonyl (C=O) groups is 2. The van der Waals surface area contributed by atoms with Gasteiger partial charge in [-0.15, -0.1) is 0 Å². The summed E-state index contributed by atoms with van der Waals surface area (Å²) < 4.78 is 4.88. The SMILES string of the molecule is C=C(CCC=C(C)C)CCC(Cl)(C(C)=O)C(=O)OCC. The zero-order valence-electron chi connectivity index (χ0n) is 12.9. The number of rotatable bonds is 9. The molecule has 20 heavy (non-hydrogen) atoms. The minimum atomic E-state index is -1.57. The summed E-state index contributed by atoms with van der Waals surface area (Å²) in [7, 11) is 0. The summed E-state index contributed by atoms with van der Waals surface area (Å²) in [6, 6.07) is 0. The zero-order chi connectivity index (χ0) is 15.8. The van der Waals surface area contributed by atoms with E-state index in [9.17, 15) is 9.59 Å². The van der Waals surface area contributed by atoms with Gasteiger partial charge in [-0.25, -0.2) is 4.79 Å². The molecule has 0 aromatic heterocycles. The molecular formula is C16H25ClO3.